The molecular formula is C14H12N6O2. The van der Waals surface area contributed by atoms with Crippen molar-refractivity contribution < 1.29 is 4.92 Å². The van der Waals surface area contributed by atoms with Crippen molar-refractivity contribution in [2.24, 2.45) is 5.84 Å². The molecule has 22 heavy (non-hydrogen) atoms. The first-order chi connectivity index (χ1) is 10.6. The quantitative estimate of drug-likeness (QED) is 0.382. The van der Waals surface area contributed by atoms with Gasteiger partial charge >= 0.3 is 0 Å². The number of benzene rings is 2. The molecule has 5 N–H and O–H groups in total. The predicted molar refractivity (Wildman–Crippen MR) is 83.9 cm³/mol. The maximum Gasteiger partial charge on any atom is 0.270 e. The summed E-state index contributed by atoms with van der Waals surface area (Å²) in [5.41, 5.74) is 10.3. The van der Waals surface area contributed by atoms with Crippen LogP contribution in [0, 0.1) is 10.1 Å². The smallest absolute Gasteiger partial charge is 0.270 e. The summed E-state index contributed by atoms with van der Waals surface area (Å²) < 4.78 is 0. The maximum absolute atomic E-state index is 10.9. The summed E-state index contributed by atoms with van der Waals surface area (Å²) in [6.45, 7) is 0. The van der Waals surface area contributed by atoms with Gasteiger partial charge in [-0.25, -0.2) is 10.8 Å². The molecule has 0 aliphatic rings. The molecule has 0 radical (unpaired) electrons. The Morgan fingerprint density at radius 3 is 2.59 bits per heavy atom. The second-order valence-electron chi connectivity index (χ2n) is 4.61. The number of hydrazine groups is 1. The van der Waals surface area contributed by atoms with Crippen LogP contribution in [0.4, 0.5) is 17.5 Å². The summed E-state index contributed by atoms with van der Waals surface area (Å²) in [6.07, 6.45) is 0. The number of nitrogens with two attached hydrogens (primary N) is 2. The molecule has 0 unspecified atom stereocenters. The Hall–Kier alpha value is -3.26. The van der Waals surface area contributed by atoms with Crippen molar-refractivity contribution in [3.05, 3.63) is 52.6 Å². The third-order valence-electron chi connectivity index (χ3n) is 3.24. The maximum atomic E-state index is 10.9. The molecule has 8 nitrogen and oxygen atoms in total. The largest absolute Gasteiger partial charge is 0.368 e. The second kappa shape index (κ2) is 5.26. The van der Waals surface area contributed by atoms with E-state index in [2.05, 4.69) is 15.4 Å². The van der Waals surface area contributed by atoms with Crippen LogP contribution in [0.25, 0.3) is 22.0 Å². The summed E-state index contributed by atoms with van der Waals surface area (Å²) in [6, 6.07) is 11.8. The molecule has 0 aliphatic carbocycles. The van der Waals surface area contributed by atoms with Gasteiger partial charge in [-0.2, -0.15) is 4.98 Å². The monoisotopic (exact) mass is 296 g/mol. The van der Waals surface area contributed by atoms with E-state index in [0.29, 0.717) is 16.7 Å². The third-order valence-corrected chi connectivity index (χ3v) is 3.24. The highest BCUT2D eigenvalue weighted by Crippen LogP contribution is 2.29. The van der Waals surface area contributed by atoms with Gasteiger partial charge in [0.25, 0.3) is 5.69 Å². The first-order valence-electron chi connectivity index (χ1n) is 6.37. The van der Waals surface area contributed by atoms with E-state index >= 15 is 0 Å². The number of rotatable bonds is 3. The Bertz CT molecular complexity index is 880. The van der Waals surface area contributed by atoms with E-state index in [-0.39, 0.29) is 11.6 Å². The van der Waals surface area contributed by atoms with Gasteiger partial charge < -0.3 is 11.2 Å². The zero-order chi connectivity index (χ0) is 15.7. The van der Waals surface area contributed by atoms with E-state index in [1.54, 1.807) is 18.2 Å². The van der Waals surface area contributed by atoms with Gasteiger partial charge in [-0.3, -0.25) is 10.1 Å². The fourth-order valence-corrected chi connectivity index (χ4v) is 2.24. The molecule has 0 spiro atoms. The van der Waals surface area contributed by atoms with E-state index in [4.69, 9.17) is 11.6 Å². The van der Waals surface area contributed by atoms with Gasteiger partial charge in [0, 0.05) is 17.5 Å². The van der Waals surface area contributed by atoms with Crippen molar-refractivity contribution in [3.8, 4) is 11.1 Å². The van der Waals surface area contributed by atoms with Crippen LogP contribution in [-0.2, 0) is 0 Å². The molecule has 1 heterocycles. The fraction of sp³-hybridized carbons (Fsp3) is 0. The number of anilines is 2. The Balaban J connectivity index is 2.18. The number of nitro benzene ring substituents is 1. The Morgan fingerprint density at radius 1 is 1.09 bits per heavy atom. The zero-order valence-electron chi connectivity index (χ0n) is 11.4. The molecule has 3 rings (SSSR count). The topological polar surface area (TPSA) is 133 Å². The van der Waals surface area contributed by atoms with Crippen LogP contribution in [0.2, 0.25) is 0 Å². The highest BCUT2D eigenvalue weighted by molar-refractivity contribution is 5.93. The minimum atomic E-state index is -0.429. The third kappa shape index (κ3) is 2.38. The molecule has 0 saturated heterocycles. The number of nitrogens with one attached hydrogen (secondary N) is 1. The number of hydrogen-bond donors (Lipinski definition) is 3. The van der Waals surface area contributed by atoms with Crippen molar-refractivity contribution in [1.82, 2.24) is 9.97 Å². The van der Waals surface area contributed by atoms with E-state index in [0.717, 1.165) is 11.1 Å². The number of nitro groups is 1. The van der Waals surface area contributed by atoms with Gasteiger partial charge in [-0.05, 0) is 23.3 Å². The normalized spacial score (nSPS) is 10.6. The van der Waals surface area contributed by atoms with Crippen molar-refractivity contribution in [1.29, 1.82) is 0 Å². The Kier molecular flexibility index (Phi) is 3.28. The van der Waals surface area contributed by atoms with Gasteiger partial charge in [0.15, 0.2) is 5.82 Å². The highest BCUT2D eigenvalue weighted by Gasteiger charge is 2.10. The van der Waals surface area contributed by atoms with Crippen LogP contribution < -0.4 is 17.0 Å². The molecule has 0 amide bonds. The standard InChI is InChI=1S/C14H12N6O2/c15-14-17-12-5-4-9(7-11(12)13(18-14)19-16)8-2-1-3-10(6-8)20(21)22/h1-7H,16H2,(H3,15,17,18,19). The molecule has 0 fully saturated rings. The van der Waals surface area contributed by atoms with Gasteiger partial charge in [0.2, 0.25) is 5.95 Å². The summed E-state index contributed by atoms with van der Waals surface area (Å²) >= 11 is 0. The van der Waals surface area contributed by atoms with Gasteiger partial charge in [-0.1, -0.05) is 18.2 Å². The van der Waals surface area contributed by atoms with Crippen molar-refractivity contribution in [3.63, 3.8) is 0 Å². The molecule has 2 aromatic carbocycles. The molecule has 0 bridgehead atoms. The Morgan fingerprint density at radius 2 is 1.86 bits per heavy atom. The van der Waals surface area contributed by atoms with Crippen molar-refractivity contribution in [2.75, 3.05) is 11.2 Å². The number of non-ortho nitro benzene ring substituents is 1. The summed E-state index contributed by atoms with van der Waals surface area (Å²) in [5.74, 6) is 5.96. The lowest BCUT2D eigenvalue weighted by Crippen LogP contribution is -2.11. The van der Waals surface area contributed by atoms with E-state index in [1.807, 2.05) is 12.1 Å². The highest BCUT2D eigenvalue weighted by atomic mass is 16.6. The summed E-state index contributed by atoms with van der Waals surface area (Å²) in [5, 5.41) is 11.6. The number of nitrogen functional groups attached to an aromatic ring is 2. The molecular weight excluding hydrogens is 284 g/mol. The molecule has 0 atom stereocenters. The Labute approximate surface area is 124 Å². The van der Waals surface area contributed by atoms with Crippen LogP contribution in [-0.4, -0.2) is 14.9 Å². The van der Waals surface area contributed by atoms with Crippen molar-refractivity contribution in [2.45, 2.75) is 0 Å². The predicted octanol–water partition coefficient (Wildman–Crippen LogP) is 2.07. The second-order valence-corrected chi connectivity index (χ2v) is 4.61. The molecule has 3 aromatic rings. The van der Waals surface area contributed by atoms with E-state index in [9.17, 15) is 10.1 Å². The van der Waals surface area contributed by atoms with Gasteiger partial charge in [0.1, 0.15) is 0 Å². The first kappa shape index (κ1) is 13.7. The molecule has 8 heteroatoms. The fourth-order valence-electron chi connectivity index (χ4n) is 2.24. The number of nitrogens with zero attached hydrogens (tertiary/aromatic N) is 3. The lowest BCUT2D eigenvalue weighted by Gasteiger charge is -2.08. The summed E-state index contributed by atoms with van der Waals surface area (Å²) in [7, 11) is 0. The number of fused-ring (bicyclic) bond motifs is 1. The average molecular weight is 296 g/mol. The number of aromatic nitrogens is 2. The number of hydrogen-bond acceptors (Lipinski definition) is 7. The van der Waals surface area contributed by atoms with Crippen LogP contribution in [0.1, 0.15) is 0 Å². The molecule has 0 aliphatic heterocycles. The van der Waals surface area contributed by atoms with Gasteiger partial charge in [0.05, 0.1) is 10.4 Å². The molecule has 110 valence electrons. The minimum absolute atomic E-state index is 0.0309. The lowest BCUT2D eigenvalue weighted by molar-refractivity contribution is -0.384. The SMILES string of the molecule is NNc1nc(N)nc2ccc(-c3cccc([N+](=O)[O-])c3)cc12. The molecule has 1 aromatic heterocycles. The van der Waals surface area contributed by atoms with Crippen LogP contribution in [0.5, 0.6) is 0 Å². The van der Waals surface area contributed by atoms with E-state index < -0.39 is 4.92 Å². The van der Waals surface area contributed by atoms with E-state index in [1.165, 1.54) is 12.1 Å². The first-order valence-corrected chi connectivity index (χ1v) is 6.37. The van der Waals surface area contributed by atoms with Gasteiger partial charge in [-0.15, -0.1) is 0 Å². The summed E-state index contributed by atoms with van der Waals surface area (Å²) in [4.78, 5) is 18.6. The zero-order valence-corrected chi connectivity index (χ0v) is 11.4. The van der Waals surface area contributed by atoms with Crippen LogP contribution in [0.3, 0.4) is 0 Å². The lowest BCUT2D eigenvalue weighted by atomic mass is 10.0. The van der Waals surface area contributed by atoms with Crippen LogP contribution >= 0.6 is 0 Å². The molecule has 0 saturated carbocycles. The average Bonchev–Trinajstić information content (AvgIpc) is 2.53. The van der Waals surface area contributed by atoms with Crippen LogP contribution in [0.15, 0.2) is 42.5 Å². The van der Waals surface area contributed by atoms with Crippen molar-refractivity contribution >= 4 is 28.4 Å². The minimum Gasteiger partial charge on any atom is -0.368 e.